The second-order valence-electron chi connectivity index (χ2n) is 8.79. The van der Waals surface area contributed by atoms with Gasteiger partial charge in [-0.1, -0.05) is 52.4 Å². The highest BCUT2D eigenvalue weighted by Crippen LogP contribution is 2.44. The molecule has 0 saturated carbocycles. The van der Waals surface area contributed by atoms with Gasteiger partial charge in [0.25, 0.3) is 0 Å². The quantitative estimate of drug-likeness (QED) is 0.502. The van der Waals surface area contributed by atoms with Gasteiger partial charge >= 0.3 is 16.6 Å². The number of piperazine rings is 1. The summed E-state index contributed by atoms with van der Waals surface area (Å²) in [5.41, 5.74) is 11.6. The smallest absolute Gasteiger partial charge is 0.448 e. The molecule has 1 aliphatic carbocycles. The second kappa shape index (κ2) is 9.79. The molecule has 36 heavy (non-hydrogen) atoms. The molecule has 0 bridgehead atoms. The van der Waals surface area contributed by atoms with Crippen LogP contribution in [0, 0.1) is 0 Å². The molecule has 0 radical (unpaired) electrons. The predicted molar refractivity (Wildman–Crippen MR) is 134 cm³/mol. The van der Waals surface area contributed by atoms with E-state index < -0.39 is 10.5 Å². The Balaban J connectivity index is 1.22. The van der Waals surface area contributed by atoms with E-state index in [9.17, 15) is 17.1 Å². The monoisotopic (exact) mass is 511 g/mol. The van der Waals surface area contributed by atoms with Crippen LogP contribution in [0.2, 0.25) is 0 Å². The van der Waals surface area contributed by atoms with Crippen LogP contribution in [0.3, 0.4) is 0 Å². The highest BCUT2D eigenvalue weighted by molar-refractivity contribution is 7.81. The van der Waals surface area contributed by atoms with E-state index in [0.717, 1.165) is 11.1 Å². The SMILES string of the molecule is NCc1cc(OS(=O)(=O)F)cc(N2CCN(C(=O)OCC3c4ccccc4-c4ccccc43)CC2)c1. The Labute approximate surface area is 209 Å². The number of fused-ring (bicyclic) bond motifs is 3. The van der Waals surface area contributed by atoms with Crippen LogP contribution in [0.25, 0.3) is 11.1 Å². The Morgan fingerprint density at radius 3 is 2.14 bits per heavy atom. The van der Waals surface area contributed by atoms with E-state index in [0.29, 0.717) is 37.4 Å². The van der Waals surface area contributed by atoms with Gasteiger partial charge in [0.1, 0.15) is 12.4 Å². The van der Waals surface area contributed by atoms with Crippen molar-refractivity contribution in [1.29, 1.82) is 0 Å². The zero-order valence-electron chi connectivity index (χ0n) is 19.5. The van der Waals surface area contributed by atoms with Crippen LogP contribution in [-0.2, 0) is 21.8 Å². The molecule has 0 atom stereocenters. The van der Waals surface area contributed by atoms with E-state index in [4.69, 9.17) is 10.5 Å². The van der Waals surface area contributed by atoms with E-state index in [2.05, 4.69) is 28.4 Å². The van der Waals surface area contributed by atoms with E-state index in [1.807, 2.05) is 29.2 Å². The summed E-state index contributed by atoms with van der Waals surface area (Å²) in [4.78, 5) is 16.5. The topological polar surface area (TPSA) is 102 Å². The number of anilines is 1. The molecule has 3 aromatic rings. The molecule has 1 fully saturated rings. The summed E-state index contributed by atoms with van der Waals surface area (Å²) in [6.45, 7) is 2.20. The molecule has 1 aliphatic heterocycles. The number of amides is 1. The standard InChI is InChI=1S/C26H26FN3O5S/c27-36(32,33)35-20-14-18(16-28)13-19(15-20)29-9-11-30(12-10-29)26(31)34-17-25-23-7-3-1-5-21(23)22-6-2-4-8-24(22)25/h1-8,13-15,25H,9-12,16-17,28H2. The fourth-order valence-electron chi connectivity index (χ4n) is 4.94. The van der Waals surface area contributed by atoms with Crippen molar-refractivity contribution in [1.82, 2.24) is 4.90 Å². The van der Waals surface area contributed by atoms with Crippen LogP contribution in [0.5, 0.6) is 5.75 Å². The maximum absolute atomic E-state index is 13.0. The van der Waals surface area contributed by atoms with Gasteiger partial charge in [0.15, 0.2) is 0 Å². The van der Waals surface area contributed by atoms with Crippen molar-refractivity contribution >= 4 is 22.3 Å². The summed E-state index contributed by atoms with van der Waals surface area (Å²) in [6.07, 6.45) is -0.375. The third-order valence-corrected chi connectivity index (χ3v) is 7.01. The second-order valence-corrected chi connectivity index (χ2v) is 9.75. The van der Waals surface area contributed by atoms with Crippen molar-refractivity contribution in [3.8, 4) is 16.9 Å². The first-order valence-electron chi connectivity index (χ1n) is 11.7. The zero-order valence-corrected chi connectivity index (χ0v) is 20.3. The minimum atomic E-state index is -5.15. The molecule has 5 rings (SSSR count). The lowest BCUT2D eigenvalue weighted by Gasteiger charge is -2.36. The van der Waals surface area contributed by atoms with E-state index in [1.54, 1.807) is 11.0 Å². The van der Waals surface area contributed by atoms with Gasteiger partial charge in [0.05, 0.1) is 0 Å². The summed E-state index contributed by atoms with van der Waals surface area (Å²) in [5, 5.41) is 0. The number of hydrogen-bond donors (Lipinski definition) is 1. The summed E-state index contributed by atoms with van der Waals surface area (Å²) in [6, 6.07) is 21.0. The molecule has 1 saturated heterocycles. The molecule has 2 N–H and O–H groups in total. The number of carbonyl (C=O) groups is 1. The minimum absolute atomic E-state index is 0.00755. The number of carbonyl (C=O) groups excluding carboxylic acids is 1. The first-order chi connectivity index (χ1) is 17.3. The molecular weight excluding hydrogens is 485 g/mol. The Morgan fingerprint density at radius 2 is 1.56 bits per heavy atom. The fraction of sp³-hybridized carbons (Fsp3) is 0.269. The third kappa shape index (κ3) is 5.00. The Kier molecular flexibility index (Phi) is 6.55. The van der Waals surface area contributed by atoms with Crippen LogP contribution in [-0.4, -0.2) is 52.2 Å². The van der Waals surface area contributed by atoms with Crippen LogP contribution < -0.4 is 14.8 Å². The summed E-state index contributed by atoms with van der Waals surface area (Å²) < 4.78 is 45.0. The van der Waals surface area contributed by atoms with Gasteiger partial charge in [-0.15, -0.1) is 0 Å². The highest BCUT2D eigenvalue weighted by atomic mass is 32.3. The van der Waals surface area contributed by atoms with Gasteiger partial charge in [0.2, 0.25) is 0 Å². The number of hydrogen-bond acceptors (Lipinski definition) is 7. The average molecular weight is 512 g/mol. The zero-order chi connectivity index (χ0) is 25.3. The van der Waals surface area contributed by atoms with E-state index in [-0.39, 0.29) is 30.9 Å². The van der Waals surface area contributed by atoms with Gasteiger partial charge in [-0.2, -0.15) is 8.42 Å². The van der Waals surface area contributed by atoms with Crippen LogP contribution in [0.4, 0.5) is 14.4 Å². The largest absolute Gasteiger partial charge is 0.488 e. The Bertz CT molecular complexity index is 1340. The number of rotatable bonds is 6. The lowest BCUT2D eigenvalue weighted by molar-refractivity contribution is 0.0976. The van der Waals surface area contributed by atoms with Crippen molar-refractivity contribution in [2.75, 3.05) is 37.7 Å². The third-order valence-electron chi connectivity index (χ3n) is 6.62. The average Bonchev–Trinajstić information content (AvgIpc) is 3.20. The molecule has 1 amide bonds. The Hall–Kier alpha value is -3.63. The number of nitrogens with zero attached hydrogens (tertiary/aromatic N) is 2. The number of benzene rings is 3. The molecule has 0 aromatic heterocycles. The molecule has 2 aliphatic rings. The van der Waals surface area contributed by atoms with Crippen LogP contribution in [0.15, 0.2) is 66.7 Å². The van der Waals surface area contributed by atoms with Gasteiger partial charge in [-0.05, 0) is 39.9 Å². The molecular formula is C26H26FN3O5S. The first kappa shape index (κ1) is 24.1. The van der Waals surface area contributed by atoms with E-state index in [1.165, 1.54) is 23.3 Å². The van der Waals surface area contributed by atoms with Gasteiger partial charge in [-0.25, -0.2) is 4.79 Å². The molecule has 0 unspecified atom stereocenters. The highest BCUT2D eigenvalue weighted by Gasteiger charge is 2.30. The maximum Gasteiger partial charge on any atom is 0.488 e. The van der Waals surface area contributed by atoms with Crippen molar-refractivity contribution in [3.05, 3.63) is 83.4 Å². The summed E-state index contributed by atoms with van der Waals surface area (Å²) in [5.74, 6) is -0.152. The molecule has 3 aromatic carbocycles. The van der Waals surface area contributed by atoms with Crippen molar-refractivity contribution in [3.63, 3.8) is 0 Å². The molecule has 1 heterocycles. The van der Waals surface area contributed by atoms with Crippen LogP contribution >= 0.6 is 0 Å². The van der Waals surface area contributed by atoms with Crippen molar-refractivity contribution in [2.24, 2.45) is 5.73 Å². The minimum Gasteiger partial charge on any atom is -0.448 e. The first-order valence-corrected chi connectivity index (χ1v) is 13.0. The number of ether oxygens (including phenoxy) is 1. The van der Waals surface area contributed by atoms with Crippen LogP contribution in [0.1, 0.15) is 22.6 Å². The summed E-state index contributed by atoms with van der Waals surface area (Å²) in [7, 11) is -5.15. The van der Waals surface area contributed by atoms with E-state index >= 15 is 0 Å². The number of halogens is 1. The molecule has 10 heteroatoms. The van der Waals surface area contributed by atoms with Crippen molar-refractivity contribution in [2.45, 2.75) is 12.5 Å². The normalized spacial score (nSPS) is 15.4. The summed E-state index contributed by atoms with van der Waals surface area (Å²) >= 11 is 0. The molecule has 0 spiro atoms. The van der Waals surface area contributed by atoms with Crippen molar-refractivity contribution < 1.29 is 26.0 Å². The molecule has 8 nitrogen and oxygen atoms in total. The maximum atomic E-state index is 13.0. The molecule has 188 valence electrons. The van der Waals surface area contributed by atoms with Gasteiger partial charge < -0.3 is 24.5 Å². The lowest BCUT2D eigenvalue weighted by atomic mass is 9.98. The predicted octanol–water partition coefficient (Wildman–Crippen LogP) is 3.81. The lowest BCUT2D eigenvalue weighted by Crippen LogP contribution is -2.49. The van der Waals surface area contributed by atoms with Gasteiger partial charge in [0, 0.05) is 50.4 Å². The fourth-order valence-corrected chi connectivity index (χ4v) is 5.27. The van der Waals surface area contributed by atoms with Gasteiger partial charge in [-0.3, -0.25) is 0 Å². The Morgan fingerprint density at radius 1 is 0.944 bits per heavy atom. The number of nitrogens with two attached hydrogens (primary N) is 1.